The molecule has 0 aliphatic heterocycles. The van der Waals surface area contributed by atoms with Crippen LogP contribution >= 0.6 is 11.8 Å². The van der Waals surface area contributed by atoms with Crippen molar-refractivity contribution >= 4 is 17.7 Å². The van der Waals surface area contributed by atoms with E-state index in [0.717, 1.165) is 18.6 Å². The zero-order valence-corrected chi connectivity index (χ0v) is 6.86. The molecule has 0 unspecified atom stereocenters. The zero-order chi connectivity index (χ0) is 7.82. The molecule has 0 rings (SSSR count). The van der Waals surface area contributed by atoms with Crippen LogP contribution in [0, 0.1) is 0 Å². The Morgan fingerprint density at radius 1 is 1.70 bits per heavy atom. The summed E-state index contributed by atoms with van der Waals surface area (Å²) >= 11 is 1.54. The molecule has 0 aromatic carbocycles. The molecule has 2 nitrogen and oxygen atoms in total. The molecule has 0 spiro atoms. The van der Waals surface area contributed by atoms with Gasteiger partial charge in [0.05, 0.1) is 0 Å². The minimum atomic E-state index is -0.871. The van der Waals surface area contributed by atoms with E-state index in [2.05, 4.69) is 6.92 Å². The second-order valence-electron chi connectivity index (χ2n) is 1.87. The van der Waals surface area contributed by atoms with Gasteiger partial charge in [0, 0.05) is 6.08 Å². The van der Waals surface area contributed by atoms with Gasteiger partial charge >= 0.3 is 5.97 Å². The van der Waals surface area contributed by atoms with Gasteiger partial charge < -0.3 is 5.11 Å². The Balaban J connectivity index is 3.10. The minimum absolute atomic E-state index is 0.871. The molecule has 0 amide bonds. The van der Waals surface area contributed by atoms with E-state index in [1.807, 2.05) is 0 Å². The summed E-state index contributed by atoms with van der Waals surface area (Å²) < 4.78 is 0. The molecule has 0 aromatic heterocycles. The van der Waals surface area contributed by atoms with Gasteiger partial charge in [-0.05, 0) is 17.6 Å². The second kappa shape index (κ2) is 6.68. The predicted molar refractivity (Wildman–Crippen MR) is 44.1 cm³/mol. The van der Waals surface area contributed by atoms with Crippen molar-refractivity contribution in [3.63, 3.8) is 0 Å². The summed E-state index contributed by atoms with van der Waals surface area (Å²) in [7, 11) is 0. The molecular weight excluding hydrogens is 148 g/mol. The van der Waals surface area contributed by atoms with E-state index in [4.69, 9.17) is 5.11 Å². The summed E-state index contributed by atoms with van der Waals surface area (Å²) in [5.41, 5.74) is 0. The van der Waals surface area contributed by atoms with Crippen LogP contribution in [0.25, 0.3) is 0 Å². The number of unbranched alkanes of at least 4 members (excludes halogenated alkanes) is 1. The van der Waals surface area contributed by atoms with E-state index < -0.39 is 5.97 Å². The third-order valence-corrected chi connectivity index (χ3v) is 1.78. The highest BCUT2D eigenvalue weighted by Gasteiger charge is 1.85. The molecule has 10 heavy (non-hydrogen) atoms. The van der Waals surface area contributed by atoms with Crippen LogP contribution in [0.5, 0.6) is 0 Å². The maximum absolute atomic E-state index is 9.93. The molecule has 3 heteroatoms. The Morgan fingerprint density at radius 3 is 2.90 bits per heavy atom. The maximum Gasteiger partial charge on any atom is 0.328 e. The SMILES string of the molecule is CCCCS/C=C\C(=O)O. The van der Waals surface area contributed by atoms with Crippen molar-refractivity contribution in [3.8, 4) is 0 Å². The lowest BCUT2D eigenvalue weighted by Gasteiger charge is -1.89. The average molecular weight is 160 g/mol. The molecule has 0 saturated carbocycles. The van der Waals surface area contributed by atoms with Crippen molar-refractivity contribution in [2.45, 2.75) is 19.8 Å². The van der Waals surface area contributed by atoms with Gasteiger partial charge in [-0.25, -0.2) is 4.79 Å². The van der Waals surface area contributed by atoms with Crippen LogP contribution < -0.4 is 0 Å². The van der Waals surface area contributed by atoms with Crippen LogP contribution in [-0.4, -0.2) is 16.8 Å². The summed E-state index contributed by atoms with van der Waals surface area (Å²) in [6.45, 7) is 2.11. The maximum atomic E-state index is 9.93. The van der Waals surface area contributed by atoms with Crippen molar-refractivity contribution in [1.29, 1.82) is 0 Å². The second-order valence-corrected chi connectivity index (χ2v) is 2.88. The van der Waals surface area contributed by atoms with E-state index >= 15 is 0 Å². The van der Waals surface area contributed by atoms with Crippen LogP contribution in [0.3, 0.4) is 0 Å². The van der Waals surface area contributed by atoms with Gasteiger partial charge in [-0.3, -0.25) is 0 Å². The summed E-state index contributed by atoms with van der Waals surface area (Å²) in [6, 6.07) is 0. The summed E-state index contributed by atoms with van der Waals surface area (Å²) in [5.74, 6) is 0.143. The Morgan fingerprint density at radius 2 is 2.40 bits per heavy atom. The molecule has 0 radical (unpaired) electrons. The van der Waals surface area contributed by atoms with Gasteiger partial charge in [-0.15, -0.1) is 11.8 Å². The summed E-state index contributed by atoms with van der Waals surface area (Å²) in [6.07, 6.45) is 3.48. The molecule has 58 valence electrons. The molecule has 0 aliphatic carbocycles. The lowest BCUT2D eigenvalue weighted by molar-refractivity contribution is -0.131. The number of rotatable bonds is 5. The Bertz CT molecular complexity index is 121. The highest BCUT2D eigenvalue weighted by Crippen LogP contribution is 2.04. The van der Waals surface area contributed by atoms with Crippen LogP contribution in [0.2, 0.25) is 0 Å². The molecule has 1 N–H and O–H groups in total. The lowest BCUT2D eigenvalue weighted by atomic mass is 10.4. The van der Waals surface area contributed by atoms with Crippen LogP contribution in [0.1, 0.15) is 19.8 Å². The fourth-order valence-electron chi connectivity index (χ4n) is 0.402. The number of hydrogen-bond donors (Lipinski definition) is 1. The van der Waals surface area contributed by atoms with Crippen molar-refractivity contribution in [1.82, 2.24) is 0 Å². The Kier molecular flexibility index (Phi) is 6.38. The minimum Gasteiger partial charge on any atom is -0.478 e. The number of hydrogen-bond acceptors (Lipinski definition) is 2. The number of carboxylic acid groups (broad SMARTS) is 1. The Hall–Kier alpha value is -0.440. The topological polar surface area (TPSA) is 37.3 Å². The third kappa shape index (κ3) is 7.56. The van der Waals surface area contributed by atoms with Gasteiger partial charge in [0.1, 0.15) is 0 Å². The molecule has 0 heterocycles. The van der Waals surface area contributed by atoms with Gasteiger partial charge in [-0.2, -0.15) is 0 Å². The zero-order valence-electron chi connectivity index (χ0n) is 6.04. The molecule has 0 bridgehead atoms. The molecule has 0 fully saturated rings. The van der Waals surface area contributed by atoms with E-state index in [1.54, 1.807) is 17.2 Å². The molecule has 0 aliphatic rings. The van der Waals surface area contributed by atoms with E-state index in [1.165, 1.54) is 6.08 Å². The van der Waals surface area contributed by atoms with E-state index in [9.17, 15) is 4.79 Å². The highest BCUT2D eigenvalue weighted by molar-refractivity contribution is 8.02. The van der Waals surface area contributed by atoms with Gasteiger partial charge in [0.25, 0.3) is 0 Å². The number of aliphatic carboxylic acids is 1. The molecule has 0 atom stereocenters. The van der Waals surface area contributed by atoms with Crippen molar-refractivity contribution in [2.75, 3.05) is 5.75 Å². The van der Waals surface area contributed by atoms with Crippen LogP contribution in [0.15, 0.2) is 11.5 Å². The first-order valence-electron chi connectivity index (χ1n) is 3.28. The monoisotopic (exact) mass is 160 g/mol. The van der Waals surface area contributed by atoms with E-state index in [-0.39, 0.29) is 0 Å². The highest BCUT2D eigenvalue weighted by atomic mass is 32.2. The van der Waals surface area contributed by atoms with Crippen molar-refractivity contribution < 1.29 is 9.90 Å². The average Bonchev–Trinajstić information content (AvgIpc) is 1.87. The van der Waals surface area contributed by atoms with Gasteiger partial charge in [0.15, 0.2) is 0 Å². The smallest absolute Gasteiger partial charge is 0.328 e. The summed E-state index contributed by atoms with van der Waals surface area (Å²) in [4.78, 5) is 9.93. The van der Waals surface area contributed by atoms with E-state index in [0.29, 0.717) is 0 Å². The Labute approximate surface area is 65.3 Å². The fourth-order valence-corrected chi connectivity index (χ4v) is 1.21. The van der Waals surface area contributed by atoms with Gasteiger partial charge in [-0.1, -0.05) is 13.3 Å². The molecule has 0 aromatic rings. The van der Waals surface area contributed by atoms with Crippen LogP contribution in [0.4, 0.5) is 0 Å². The fraction of sp³-hybridized carbons (Fsp3) is 0.571. The first-order chi connectivity index (χ1) is 4.77. The largest absolute Gasteiger partial charge is 0.478 e. The van der Waals surface area contributed by atoms with Crippen molar-refractivity contribution in [3.05, 3.63) is 11.5 Å². The normalized spacial score (nSPS) is 10.5. The molecular formula is C7H12O2S. The van der Waals surface area contributed by atoms with Gasteiger partial charge in [0.2, 0.25) is 0 Å². The first-order valence-corrected chi connectivity index (χ1v) is 4.33. The number of carbonyl (C=O) groups is 1. The van der Waals surface area contributed by atoms with Crippen molar-refractivity contribution in [2.24, 2.45) is 0 Å². The number of carboxylic acids is 1. The van der Waals surface area contributed by atoms with Crippen LogP contribution in [-0.2, 0) is 4.79 Å². The predicted octanol–water partition coefficient (Wildman–Crippen LogP) is 2.12. The molecule has 0 saturated heterocycles. The quantitative estimate of drug-likeness (QED) is 0.494. The lowest BCUT2D eigenvalue weighted by Crippen LogP contribution is -1.84. The summed E-state index contributed by atoms with van der Waals surface area (Å²) in [5, 5.41) is 9.79. The number of thioether (sulfide) groups is 1. The third-order valence-electron chi connectivity index (χ3n) is 0.923. The standard InChI is InChI=1S/C7H12O2S/c1-2-3-5-10-6-4-7(8)9/h4,6H,2-3,5H2,1H3,(H,8,9)/b6-4-. The first kappa shape index (κ1) is 9.56.